The summed E-state index contributed by atoms with van der Waals surface area (Å²) < 4.78 is 5.10. The maximum absolute atomic E-state index is 12.2. The number of amides is 1. The number of nitrogens with zero attached hydrogens (tertiary/aromatic N) is 1. The number of carbonyl (C=O) groups is 1. The molecule has 1 atom stereocenters. The normalized spacial score (nSPS) is 12.9. The quantitative estimate of drug-likeness (QED) is 0.819. The summed E-state index contributed by atoms with van der Waals surface area (Å²) in [4.78, 5) is 12.2. The summed E-state index contributed by atoms with van der Waals surface area (Å²) in [5, 5.41) is 10.4. The number of rotatable bonds is 7. The molecule has 1 heterocycles. The molecule has 130 valence electrons. The van der Waals surface area contributed by atoms with Crippen LogP contribution in [0.3, 0.4) is 0 Å². The van der Waals surface area contributed by atoms with E-state index in [4.69, 9.17) is 4.52 Å². The molecule has 1 unspecified atom stereocenters. The SMILES string of the molecule is Cc1noc(C)c1CC(=O)NCC(C)(C)NC(C)c1ccccc1. The van der Waals surface area contributed by atoms with Gasteiger partial charge >= 0.3 is 0 Å². The minimum atomic E-state index is -0.219. The molecule has 0 saturated carbocycles. The van der Waals surface area contributed by atoms with E-state index in [-0.39, 0.29) is 17.5 Å². The second kappa shape index (κ2) is 7.62. The van der Waals surface area contributed by atoms with Gasteiger partial charge in [0.1, 0.15) is 5.76 Å². The standard InChI is InChI=1S/C19H27N3O2/c1-13(16-9-7-6-8-10-16)21-19(4,5)12-20-18(23)11-17-14(2)22-24-15(17)3/h6-10,13,21H,11-12H2,1-5H3,(H,20,23). The fourth-order valence-corrected chi connectivity index (χ4v) is 2.76. The van der Waals surface area contributed by atoms with E-state index in [1.54, 1.807) is 0 Å². The van der Waals surface area contributed by atoms with E-state index in [9.17, 15) is 4.79 Å². The summed E-state index contributed by atoms with van der Waals surface area (Å²) in [7, 11) is 0. The average molecular weight is 329 g/mol. The molecular formula is C19H27N3O2. The van der Waals surface area contributed by atoms with E-state index < -0.39 is 0 Å². The molecule has 1 amide bonds. The number of aromatic nitrogens is 1. The molecule has 5 nitrogen and oxygen atoms in total. The molecule has 2 N–H and O–H groups in total. The van der Waals surface area contributed by atoms with E-state index in [1.165, 1.54) is 5.56 Å². The van der Waals surface area contributed by atoms with Gasteiger partial charge in [-0.05, 0) is 40.2 Å². The van der Waals surface area contributed by atoms with Crippen LogP contribution in [0.15, 0.2) is 34.9 Å². The van der Waals surface area contributed by atoms with Gasteiger partial charge in [0.25, 0.3) is 0 Å². The second-order valence-electron chi connectivity index (χ2n) is 6.92. The van der Waals surface area contributed by atoms with Crippen LogP contribution in [0.25, 0.3) is 0 Å². The van der Waals surface area contributed by atoms with E-state index in [1.807, 2.05) is 32.0 Å². The highest BCUT2D eigenvalue weighted by Gasteiger charge is 2.22. The Balaban J connectivity index is 1.86. The van der Waals surface area contributed by atoms with E-state index in [2.05, 4.69) is 48.7 Å². The predicted octanol–water partition coefficient (Wildman–Crippen LogP) is 3.08. The van der Waals surface area contributed by atoms with E-state index in [0.29, 0.717) is 18.7 Å². The van der Waals surface area contributed by atoms with Crippen LogP contribution in [0.4, 0.5) is 0 Å². The van der Waals surface area contributed by atoms with Crippen molar-refractivity contribution in [3.05, 3.63) is 52.9 Å². The zero-order chi connectivity index (χ0) is 17.7. The summed E-state index contributed by atoms with van der Waals surface area (Å²) in [5.41, 5.74) is 2.66. The largest absolute Gasteiger partial charge is 0.361 e. The van der Waals surface area contributed by atoms with Crippen LogP contribution in [-0.4, -0.2) is 23.1 Å². The van der Waals surface area contributed by atoms with Crippen molar-refractivity contribution in [1.29, 1.82) is 0 Å². The molecule has 5 heteroatoms. The molecule has 1 aromatic carbocycles. The first-order chi connectivity index (χ1) is 11.3. The smallest absolute Gasteiger partial charge is 0.224 e. The van der Waals surface area contributed by atoms with Gasteiger partial charge in [0.05, 0.1) is 12.1 Å². The minimum Gasteiger partial charge on any atom is -0.361 e. The summed E-state index contributed by atoms with van der Waals surface area (Å²) >= 11 is 0. The summed E-state index contributed by atoms with van der Waals surface area (Å²) in [6, 6.07) is 10.5. The van der Waals surface area contributed by atoms with Crippen LogP contribution >= 0.6 is 0 Å². The van der Waals surface area contributed by atoms with Gasteiger partial charge in [-0.15, -0.1) is 0 Å². The van der Waals surface area contributed by atoms with E-state index >= 15 is 0 Å². The zero-order valence-corrected chi connectivity index (χ0v) is 15.1. The maximum atomic E-state index is 12.2. The number of carbonyl (C=O) groups excluding carboxylic acids is 1. The van der Waals surface area contributed by atoms with E-state index in [0.717, 1.165) is 11.3 Å². The molecule has 0 spiro atoms. The number of aryl methyl sites for hydroxylation is 2. The monoisotopic (exact) mass is 329 g/mol. The minimum absolute atomic E-state index is 0.0216. The summed E-state index contributed by atoms with van der Waals surface area (Å²) in [6.45, 7) is 10.5. The van der Waals surface area contributed by atoms with Gasteiger partial charge in [0.15, 0.2) is 0 Å². The molecule has 0 aliphatic heterocycles. The molecule has 0 aliphatic carbocycles. The predicted molar refractivity (Wildman–Crippen MR) is 94.8 cm³/mol. The molecule has 1 aromatic heterocycles. The van der Waals surface area contributed by atoms with Crippen molar-refractivity contribution in [2.75, 3.05) is 6.54 Å². The number of benzene rings is 1. The van der Waals surface area contributed by atoms with Crippen molar-refractivity contribution in [2.45, 2.75) is 52.6 Å². The highest BCUT2D eigenvalue weighted by Crippen LogP contribution is 2.16. The number of hydrogen-bond donors (Lipinski definition) is 2. The topological polar surface area (TPSA) is 67.2 Å². The maximum Gasteiger partial charge on any atom is 0.224 e. The Morgan fingerprint density at radius 1 is 1.25 bits per heavy atom. The lowest BCUT2D eigenvalue weighted by Gasteiger charge is -2.31. The van der Waals surface area contributed by atoms with Crippen LogP contribution in [0.2, 0.25) is 0 Å². The second-order valence-corrected chi connectivity index (χ2v) is 6.92. The lowest BCUT2D eigenvalue weighted by molar-refractivity contribution is -0.120. The third kappa shape index (κ3) is 4.93. The first kappa shape index (κ1) is 18.2. The van der Waals surface area contributed by atoms with Crippen molar-refractivity contribution < 1.29 is 9.32 Å². The van der Waals surface area contributed by atoms with Crippen LogP contribution in [0, 0.1) is 13.8 Å². The molecule has 0 fully saturated rings. The van der Waals surface area contributed by atoms with Gasteiger partial charge in [-0.2, -0.15) is 0 Å². The molecule has 2 aromatic rings. The Hall–Kier alpha value is -2.14. The zero-order valence-electron chi connectivity index (χ0n) is 15.1. The van der Waals surface area contributed by atoms with Crippen molar-refractivity contribution in [2.24, 2.45) is 0 Å². The Bertz CT molecular complexity index is 658. The number of hydrogen-bond acceptors (Lipinski definition) is 4. The average Bonchev–Trinajstić information content (AvgIpc) is 2.85. The van der Waals surface area contributed by atoms with Crippen LogP contribution < -0.4 is 10.6 Å². The van der Waals surface area contributed by atoms with Crippen molar-refractivity contribution in [3.63, 3.8) is 0 Å². The first-order valence-corrected chi connectivity index (χ1v) is 8.29. The Morgan fingerprint density at radius 3 is 2.50 bits per heavy atom. The highest BCUT2D eigenvalue weighted by atomic mass is 16.5. The van der Waals surface area contributed by atoms with Gasteiger partial charge in [-0.1, -0.05) is 35.5 Å². The van der Waals surface area contributed by atoms with Crippen molar-refractivity contribution >= 4 is 5.91 Å². The van der Waals surface area contributed by atoms with Gasteiger partial charge in [0.2, 0.25) is 5.91 Å². The van der Waals surface area contributed by atoms with Crippen LogP contribution in [0.1, 0.15) is 49.4 Å². The molecule has 0 aliphatic rings. The van der Waals surface area contributed by atoms with Crippen molar-refractivity contribution in [1.82, 2.24) is 15.8 Å². The van der Waals surface area contributed by atoms with Crippen LogP contribution in [-0.2, 0) is 11.2 Å². The first-order valence-electron chi connectivity index (χ1n) is 8.29. The molecule has 2 rings (SSSR count). The van der Waals surface area contributed by atoms with Gasteiger partial charge in [-0.3, -0.25) is 4.79 Å². The molecule has 24 heavy (non-hydrogen) atoms. The Kier molecular flexibility index (Phi) is 5.78. The third-order valence-corrected chi connectivity index (χ3v) is 4.15. The van der Waals surface area contributed by atoms with Crippen LogP contribution in [0.5, 0.6) is 0 Å². The Morgan fingerprint density at radius 2 is 1.92 bits per heavy atom. The fraction of sp³-hybridized carbons (Fsp3) is 0.474. The summed E-state index contributed by atoms with van der Waals surface area (Å²) in [5.74, 6) is 0.685. The molecule has 0 saturated heterocycles. The Labute approximate surface area is 143 Å². The lowest BCUT2D eigenvalue weighted by atomic mass is 10.0. The summed E-state index contributed by atoms with van der Waals surface area (Å²) in [6.07, 6.45) is 0.297. The van der Waals surface area contributed by atoms with Gasteiger partial charge in [0, 0.05) is 23.7 Å². The van der Waals surface area contributed by atoms with Gasteiger partial charge in [-0.25, -0.2) is 0 Å². The van der Waals surface area contributed by atoms with Gasteiger partial charge < -0.3 is 15.2 Å². The van der Waals surface area contributed by atoms with Crippen molar-refractivity contribution in [3.8, 4) is 0 Å². The molecule has 0 bridgehead atoms. The molecular weight excluding hydrogens is 302 g/mol. The number of nitrogens with one attached hydrogen (secondary N) is 2. The highest BCUT2D eigenvalue weighted by molar-refractivity contribution is 5.79. The third-order valence-electron chi connectivity index (χ3n) is 4.15. The molecule has 0 radical (unpaired) electrons. The fourth-order valence-electron chi connectivity index (χ4n) is 2.76. The lowest BCUT2D eigenvalue weighted by Crippen LogP contribution is -2.50.